The lowest BCUT2D eigenvalue weighted by atomic mass is 9.99. The van der Waals surface area contributed by atoms with Crippen molar-refractivity contribution in [2.45, 2.75) is 25.8 Å². The van der Waals surface area contributed by atoms with Crippen molar-refractivity contribution in [2.24, 2.45) is 7.05 Å². The van der Waals surface area contributed by atoms with Crippen LogP contribution >= 0.6 is 0 Å². The van der Waals surface area contributed by atoms with Gasteiger partial charge in [0.2, 0.25) is 0 Å². The van der Waals surface area contributed by atoms with Crippen LogP contribution in [0.3, 0.4) is 0 Å². The third-order valence-electron chi connectivity index (χ3n) is 3.69. The Balaban J connectivity index is 2.16. The zero-order chi connectivity index (χ0) is 14.5. The van der Waals surface area contributed by atoms with Crippen LogP contribution in [-0.4, -0.2) is 23.7 Å². The van der Waals surface area contributed by atoms with Gasteiger partial charge in [0.05, 0.1) is 7.11 Å². The number of aromatic nitrogens is 2. The van der Waals surface area contributed by atoms with E-state index in [1.807, 2.05) is 32.6 Å². The van der Waals surface area contributed by atoms with Crippen LogP contribution in [0.15, 0.2) is 30.6 Å². The number of benzene rings is 1. The van der Waals surface area contributed by atoms with Crippen LogP contribution in [0.4, 0.5) is 0 Å². The average Bonchev–Trinajstić information content (AvgIpc) is 2.85. The molecule has 0 aliphatic carbocycles. The fourth-order valence-electron chi connectivity index (χ4n) is 2.49. The molecule has 1 N–H and O–H groups in total. The molecule has 0 bridgehead atoms. The normalized spacial score (nSPS) is 12.4. The van der Waals surface area contributed by atoms with Crippen LogP contribution in [0.5, 0.6) is 5.75 Å². The van der Waals surface area contributed by atoms with Gasteiger partial charge in [0.25, 0.3) is 0 Å². The van der Waals surface area contributed by atoms with E-state index >= 15 is 0 Å². The van der Waals surface area contributed by atoms with Gasteiger partial charge in [-0.05, 0) is 26.5 Å². The number of ether oxygens (including phenoxy) is 1. The second-order valence-electron chi connectivity index (χ2n) is 5.08. The lowest BCUT2D eigenvalue weighted by molar-refractivity contribution is 0.398. The molecule has 0 aliphatic heterocycles. The van der Waals surface area contributed by atoms with Crippen molar-refractivity contribution in [3.05, 3.63) is 47.5 Å². The van der Waals surface area contributed by atoms with Gasteiger partial charge in [0.1, 0.15) is 11.6 Å². The van der Waals surface area contributed by atoms with E-state index in [0.717, 1.165) is 24.4 Å². The Hall–Kier alpha value is -1.81. The number of rotatable bonds is 6. The Morgan fingerprint density at radius 1 is 1.40 bits per heavy atom. The molecule has 0 fully saturated rings. The van der Waals surface area contributed by atoms with Crippen molar-refractivity contribution in [3.8, 4) is 5.75 Å². The molecule has 0 amide bonds. The molecule has 1 atom stereocenters. The lowest BCUT2D eigenvalue weighted by Gasteiger charge is -2.20. The van der Waals surface area contributed by atoms with Gasteiger partial charge in [0.15, 0.2) is 0 Å². The minimum atomic E-state index is 0.265. The maximum atomic E-state index is 5.48. The summed E-state index contributed by atoms with van der Waals surface area (Å²) in [5.41, 5.74) is 2.46. The first kappa shape index (κ1) is 14.6. The minimum absolute atomic E-state index is 0.265. The quantitative estimate of drug-likeness (QED) is 0.879. The van der Waals surface area contributed by atoms with Crippen LogP contribution in [0.2, 0.25) is 0 Å². The van der Waals surface area contributed by atoms with Crippen LogP contribution < -0.4 is 10.1 Å². The van der Waals surface area contributed by atoms with Gasteiger partial charge in [-0.3, -0.25) is 0 Å². The summed E-state index contributed by atoms with van der Waals surface area (Å²) in [7, 11) is 5.74. The smallest absolute Gasteiger partial charge is 0.123 e. The second-order valence-corrected chi connectivity index (χ2v) is 5.08. The molecule has 0 saturated carbocycles. The van der Waals surface area contributed by atoms with Crippen molar-refractivity contribution in [2.75, 3.05) is 14.2 Å². The first-order valence-electron chi connectivity index (χ1n) is 6.93. The van der Waals surface area contributed by atoms with Crippen LogP contribution in [0.1, 0.15) is 29.4 Å². The first-order valence-corrected chi connectivity index (χ1v) is 6.93. The summed E-state index contributed by atoms with van der Waals surface area (Å²) in [5.74, 6) is 2.05. The van der Waals surface area contributed by atoms with E-state index in [9.17, 15) is 0 Å². The Morgan fingerprint density at radius 3 is 2.80 bits per heavy atom. The summed E-state index contributed by atoms with van der Waals surface area (Å²) in [4.78, 5) is 4.38. The first-order chi connectivity index (χ1) is 9.65. The highest BCUT2D eigenvalue weighted by atomic mass is 16.5. The van der Waals surface area contributed by atoms with E-state index < -0.39 is 0 Å². The number of nitrogens with zero attached hydrogens (tertiary/aromatic N) is 2. The molecule has 20 heavy (non-hydrogen) atoms. The summed E-state index contributed by atoms with van der Waals surface area (Å²) in [5, 5.41) is 3.39. The summed E-state index contributed by atoms with van der Waals surface area (Å²) in [6.45, 7) is 2.11. The molecule has 0 saturated heterocycles. The Morgan fingerprint density at radius 2 is 2.20 bits per heavy atom. The molecule has 108 valence electrons. The zero-order valence-electron chi connectivity index (χ0n) is 12.7. The largest absolute Gasteiger partial charge is 0.496 e. The van der Waals surface area contributed by atoms with Gasteiger partial charge in [-0.2, -0.15) is 0 Å². The van der Waals surface area contributed by atoms with Crippen molar-refractivity contribution in [3.63, 3.8) is 0 Å². The second kappa shape index (κ2) is 6.57. The average molecular weight is 273 g/mol. The van der Waals surface area contributed by atoms with Gasteiger partial charge in [0, 0.05) is 37.5 Å². The fraction of sp³-hybridized carbons (Fsp3) is 0.438. The van der Waals surface area contributed by atoms with Gasteiger partial charge in [-0.15, -0.1) is 0 Å². The number of methoxy groups -OCH3 is 1. The maximum absolute atomic E-state index is 5.48. The summed E-state index contributed by atoms with van der Waals surface area (Å²) in [6.07, 6.45) is 5.75. The number of hydrogen-bond donors (Lipinski definition) is 1. The maximum Gasteiger partial charge on any atom is 0.123 e. The molecule has 0 radical (unpaired) electrons. The highest BCUT2D eigenvalue weighted by molar-refractivity contribution is 5.39. The van der Waals surface area contributed by atoms with E-state index in [4.69, 9.17) is 4.74 Å². The van der Waals surface area contributed by atoms with E-state index in [1.165, 1.54) is 11.1 Å². The van der Waals surface area contributed by atoms with Crippen LogP contribution in [0, 0.1) is 6.92 Å². The van der Waals surface area contributed by atoms with Gasteiger partial charge < -0.3 is 14.6 Å². The molecule has 1 aromatic heterocycles. The zero-order valence-corrected chi connectivity index (χ0v) is 12.7. The Kier molecular flexibility index (Phi) is 4.79. The van der Waals surface area contributed by atoms with E-state index in [1.54, 1.807) is 7.11 Å². The van der Waals surface area contributed by atoms with Gasteiger partial charge >= 0.3 is 0 Å². The highest BCUT2D eigenvalue weighted by Crippen LogP contribution is 2.28. The standard InChI is InChI=1S/C16H23N3O/c1-12-5-7-15(20-4)13(11-12)14(17-2)6-8-16-18-9-10-19(16)3/h5,7,9-11,14,17H,6,8H2,1-4H3. The topological polar surface area (TPSA) is 39.1 Å². The third kappa shape index (κ3) is 3.20. The predicted molar refractivity (Wildman–Crippen MR) is 81.1 cm³/mol. The summed E-state index contributed by atoms with van der Waals surface area (Å²) >= 11 is 0. The molecule has 2 rings (SSSR count). The SMILES string of the molecule is CNC(CCc1nccn1C)c1cc(C)ccc1OC. The monoisotopic (exact) mass is 273 g/mol. The van der Waals surface area contributed by atoms with Crippen molar-refractivity contribution < 1.29 is 4.74 Å². The van der Waals surface area contributed by atoms with Crippen LogP contribution in [-0.2, 0) is 13.5 Å². The molecule has 2 aromatic rings. The lowest BCUT2D eigenvalue weighted by Crippen LogP contribution is -2.18. The molecule has 4 heteroatoms. The van der Waals surface area contributed by atoms with Gasteiger partial charge in [-0.1, -0.05) is 17.7 Å². The van der Waals surface area contributed by atoms with Crippen molar-refractivity contribution in [1.29, 1.82) is 0 Å². The minimum Gasteiger partial charge on any atom is -0.496 e. The van der Waals surface area contributed by atoms with Crippen molar-refractivity contribution in [1.82, 2.24) is 14.9 Å². The van der Waals surface area contributed by atoms with Crippen molar-refractivity contribution >= 4 is 0 Å². The van der Waals surface area contributed by atoms with Crippen LogP contribution in [0.25, 0.3) is 0 Å². The Labute approximate surface area is 120 Å². The van der Waals surface area contributed by atoms with E-state index in [-0.39, 0.29) is 6.04 Å². The number of aryl methyl sites for hydroxylation is 3. The molecule has 1 heterocycles. The molecular weight excluding hydrogens is 250 g/mol. The highest BCUT2D eigenvalue weighted by Gasteiger charge is 2.15. The molecule has 0 spiro atoms. The summed E-state index contributed by atoms with van der Waals surface area (Å²) < 4.78 is 7.55. The third-order valence-corrected chi connectivity index (χ3v) is 3.69. The predicted octanol–water partition coefficient (Wildman–Crippen LogP) is 2.63. The molecule has 1 unspecified atom stereocenters. The van der Waals surface area contributed by atoms with Gasteiger partial charge in [-0.25, -0.2) is 4.98 Å². The Bertz CT molecular complexity index is 563. The number of imidazole rings is 1. The number of nitrogens with one attached hydrogen (secondary N) is 1. The molecule has 1 aromatic carbocycles. The molecular formula is C16H23N3O. The molecule has 0 aliphatic rings. The molecule has 4 nitrogen and oxygen atoms in total. The number of hydrogen-bond acceptors (Lipinski definition) is 3. The summed E-state index contributed by atoms with van der Waals surface area (Å²) in [6, 6.07) is 6.57. The fourth-order valence-corrected chi connectivity index (χ4v) is 2.49. The van der Waals surface area contributed by atoms with E-state index in [0.29, 0.717) is 0 Å². The van der Waals surface area contributed by atoms with E-state index in [2.05, 4.69) is 33.9 Å².